The van der Waals surface area contributed by atoms with Crippen LogP contribution in [0.5, 0.6) is 11.5 Å². The summed E-state index contributed by atoms with van der Waals surface area (Å²) in [5.74, 6) is -3.13. The lowest BCUT2D eigenvalue weighted by Crippen LogP contribution is -2.54. The monoisotopic (exact) mass is 490 g/mol. The van der Waals surface area contributed by atoms with E-state index in [1.165, 1.54) is 49.6 Å². The van der Waals surface area contributed by atoms with Gasteiger partial charge in [-0.2, -0.15) is 0 Å². The second-order valence-electron chi connectivity index (χ2n) is 7.61. The maximum Gasteiger partial charge on any atom is 0.336 e. The maximum atomic E-state index is 14.2. The number of benzene rings is 3. The molecule has 3 aromatic rings. The van der Waals surface area contributed by atoms with Gasteiger partial charge in [0.05, 0.1) is 18.4 Å². The van der Waals surface area contributed by atoms with E-state index in [1.807, 2.05) is 5.32 Å². The van der Waals surface area contributed by atoms with Gasteiger partial charge >= 0.3 is 12.0 Å². The van der Waals surface area contributed by atoms with Gasteiger partial charge in [-0.3, -0.25) is 14.9 Å². The van der Waals surface area contributed by atoms with E-state index in [4.69, 9.17) is 14.6 Å². The fourth-order valence-electron chi connectivity index (χ4n) is 3.52. The van der Waals surface area contributed by atoms with Gasteiger partial charge in [-0.15, -0.1) is 0 Å². The number of amides is 4. The van der Waals surface area contributed by atoms with Gasteiger partial charge in [0.15, 0.2) is 11.5 Å². The summed E-state index contributed by atoms with van der Waals surface area (Å²) in [6.45, 7) is 0.0680. The molecular weight excluding hydrogens is 471 g/mol. The lowest BCUT2D eigenvalue weighted by molar-refractivity contribution is -0.122. The summed E-state index contributed by atoms with van der Waals surface area (Å²) in [5.41, 5.74) is 0.480. The van der Waals surface area contributed by atoms with Crippen LogP contribution >= 0.6 is 0 Å². The molecule has 3 aromatic carbocycles. The summed E-state index contributed by atoms with van der Waals surface area (Å²) >= 11 is 0. The molecule has 1 saturated heterocycles. The van der Waals surface area contributed by atoms with Crippen molar-refractivity contribution in [1.82, 2.24) is 5.32 Å². The third kappa shape index (κ3) is 4.92. The zero-order valence-electron chi connectivity index (χ0n) is 18.9. The van der Waals surface area contributed by atoms with Crippen LogP contribution in [-0.2, 0) is 16.2 Å². The molecule has 0 bridgehead atoms. The standard InChI is InChI=1S/C26H19FN2O7/c1-35-22-13-15(9-10-21(22)36-14-16-5-4-6-17(11-16)25(32)33)12-18-23(30)28-26(34)29(24(18)31)20-8-3-2-7-19(20)27/h2-13H,14H2,1H3,(H,32,33)(H,28,30,34)/b18-12-. The molecule has 0 unspecified atom stereocenters. The number of carboxylic acids is 1. The van der Waals surface area contributed by atoms with Crippen LogP contribution in [0.1, 0.15) is 21.5 Å². The predicted molar refractivity (Wildman–Crippen MR) is 126 cm³/mol. The fraction of sp³-hybridized carbons (Fsp3) is 0.0769. The highest BCUT2D eigenvalue weighted by Crippen LogP contribution is 2.31. The third-order valence-corrected chi connectivity index (χ3v) is 5.26. The summed E-state index contributed by atoms with van der Waals surface area (Å²) in [5, 5.41) is 11.2. The van der Waals surface area contributed by atoms with Crippen LogP contribution in [-0.4, -0.2) is 36.0 Å². The highest BCUT2D eigenvalue weighted by Gasteiger charge is 2.38. The first kappa shape index (κ1) is 24.1. The minimum Gasteiger partial charge on any atom is -0.493 e. The lowest BCUT2D eigenvalue weighted by atomic mass is 10.1. The topological polar surface area (TPSA) is 122 Å². The molecule has 0 spiro atoms. The van der Waals surface area contributed by atoms with Crippen molar-refractivity contribution in [2.24, 2.45) is 0 Å². The quantitative estimate of drug-likeness (QED) is 0.382. The Kier molecular flexibility index (Phi) is 6.77. The number of halogens is 1. The summed E-state index contributed by atoms with van der Waals surface area (Å²) in [6, 6.07) is 15.1. The van der Waals surface area contributed by atoms with Gasteiger partial charge in [0, 0.05) is 0 Å². The summed E-state index contributed by atoms with van der Waals surface area (Å²) < 4.78 is 25.3. The number of hydrogen-bond donors (Lipinski definition) is 2. The van der Waals surface area contributed by atoms with Crippen LogP contribution in [0.2, 0.25) is 0 Å². The Balaban J connectivity index is 1.59. The Morgan fingerprint density at radius 1 is 1.03 bits per heavy atom. The maximum absolute atomic E-state index is 14.2. The van der Waals surface area contributed by atoms with E-state index in [0.717, 1.165) is 6.07 Å². The summed E-state index contributed by atoms with van der Waals surface area (Å²) in [7, 11) is 1.40. The smallest absolute Gasteiger partial charge is 0.336 e. The van der Waals surface area contributed by atoms with E-state index >= 15 is 0 Å². The molecule has 0 atom stereocenters. The molecule has 182 valence electrons. The zero-order valence-corrected chi connectivity index (χ0v) is 18.9. The Bertz CT molecular complexity index is 1420. The number of methoxy groups -OCH3 is 1. The average Bonchev–Trinajstić information content (AvgIpc) is 2.86. The summed E-state index contributed by atoms with van der Waals surface area (Å²) in [6.07, 6.45) is 1.25. The number of carboxylic acid groups (broad SMARTS) is 1. The number of ether oxygens (including phenoxy) is 2. The lowest BCUT2D eigenvalue weighted by Gasteiger charge is -2.26. The largest absolute Gasteiger partial charge is 0.493 e. The number of para-hydroxylation sites is 1. The molecule has 9 nitrogen and oxygen atoms in total. The number of carbonyl (C=O) groups excluding carboxylic acids is 3. The van der Waals surface area contributed by atoms with E-state index in [0.29, 0.717) is 21.8 Å². The van der Waals surface area contributed by atoms with E-state index in [-0.39, 0.29) is 29.2 Å². The molecule has 1 fully saturated rings. The van der Waals surface area contributed by atoms with Gasteiger partial charge < -0.3 is 14.6 Å². The van der Waals surface area contributed by atoms with Crippen molar-refractivity contribution in [2.75, 3.05) is 12.0 Å². The molecule has 0 radical (unpaired) electrons. The van der Waals surface area contributed by atoms with Crippen LogP contribution in [0.25, 0.3) is 6.08 Å². The van der Waals surface area contributed by atoms with Gasteiger partial charge in [0.2, 0.25) is 0 Å². The number of urea groups is 1. The molecule has 0 aliphatic carbocycles. The Hall–Kier alpha value is -4.99. The Labute approximate surface area is 204 Å². The molecule has 4 amide bonds. The SMILES string of the molecule is COc1cc(/C=C2/C(=O)NC(=O)N(c3ccccc3F)C2=O)ccc1OCc1cccc(C(=O)O)c1. The number of imide groups is 2. The zero-order chi connectivity index (χ0) is 25.8. The van der Waals surface area contributed by atoms with E-state index in [9.17, 15) is 23.6 Å². The first-order chi connectivity index (χ1) is 17.3. The number of aromatic carboxylic acids is 1. The van der Waals surface area contributed by atoms with Crippen LogP contribution in [0, 0.1) is 5.82 Å². The Morgan fingerprint density at radius 3 is 2.53 bits per heavy atom. The van der Waals surface area contributed by atoms with Gasteiger partial charge in [-0.25, -0.2) is 18.9 Å². The molecule has 0 aromatic heterocycles. The highest BCUT2D eigenvalue weighted by atomic mass is 19.1. The minimum atomic E-state index is -1.06. The number of anilines is 1. The third-order valence-electron chi connectivity index (χ3n) is 5.26. The summed E-state index contributed by atoms with van der Waals surface area (Å²) in [4.78, 5) is 49.3. The molecule has 4 rings (SSSR count). The van der Waals surface area contributed by atoms with Crippen LogP contribution < -0.4 is 19.7 Å². The number of nitrogens with zero attached hydrogens (tertiary/aromatic N) is 1. The first-order valence-electron chi connectivity index (χ1n) is 10.6. The van der Waals surface area contributed by atoms with E-state index < -0.39 is 29.6 Å². The van der Waals surface area contributed by atoms with Crippen molar-refractivity contribution in [2.45, 2.75) is 6.61 Å². The van der Waals surface area contributed by atoms with Gasteiger partial charge in [-0.05, 0) is 53.6 Å². The van der Waals surface area contributed by atoms with Gasteiger partial charge in [-0.1, -0.05) is 30.3 Å². The second kappa shape index (κ2) is 10.1. The molecular formula is C26H19FN2O7. The van der Waals surface area contributed by atoms with Crippen molar-refractivity contribution < 1.29 is 38.1 Å². The number of nitrogens with one attached hydrogen (secondary N) is 1. The number of hydrogen-bond acceptors (Lipinski definition) is 6. The molecule has 1 aliphatic heterocycles. The van der Waals surface area contributed by atoms with Crippen molar-refractivity contribution in [3.63, 3.8) is 0 Å². The molecule has 2 N–H and O–H groups in total. The second-order valence-corrected chi connectivity index (χ2v) is 7.61. The highest BCUT2D eigenvalue weighted by molar-refractivity contribution is 6.39. The fourth-order valence-corrected chi connectivity index (χ4v) is 3.52. The minimum absolute atomic E-state index is 0.0680. The molecule has 1 heterocycles. The first-order valence-corrected chi connectivity index (χ1v) is 10.6. The van der Waals surface area contributed by atoms with Crippen molar-refractivity contribution >= 4 is 35.6 Å². The number of rotatable bonds is 7. The van der Waals surface area contributed by atoms with Crippen LogP contribution in [0.15, 0.2) is 72.3 Å². The predicted octanol–water partition coefficient (Wildman–Crippen LogP) is 3.78. The van der Waals surface area contributed by atoms with Gasteiger partial charge in [0.25, 0.3) is 11.8 Å². The van der Waals surface area contributed by atoms with E-state index in [2.05, 4.69) is 0 Å². The number of carbonyl (C=O) groups is 4. The molecule has 1 aliphatic rings. The van der Waals surface area contributed by atoms with Gasteiger partial charge in [0.1, 0.15) is 18.0 Å². The Morgan fingerprint density at radius 2 is 1.81 bits per heavy atom. The van der Waals surface area contributed by atoms with E-state index in [1.54, 1.807) is 24.3 Å². The van der Waals surface area contributed by atoms with Crippen molar-refractivity contribution in [3.8, 4) is 11.5 Å². The van der Waals surface area contributed by atoms with Crippen LogP contribution in [0.3, 0.4) is 0 Å². The molecule has 0 saturated carbocycles. The van der Waals surface area contributed by atoms with Crippen molar-refractivity contribution in [3.05, 3.63) is 94.8 Å². The molecule has 36 heavy (non-hydrogen) atoms. The van der Waals surface area contributed by atoms with Crippen molar-refractivity contribution in [1.29, 1.82) is 0 Å². The van der Waals surface area contributed by atoms with Crippen LogP contribution in [0.4, 0.5) is 14.9 Å². The molecule has 10 heteroatoms. The number of barbiturate groups is 1. The normalized spacial score (nSPS) is 14.6. The average molecular weight is 490 g/mol.